The second-order valence-corrected chi connectivity index (χ2v) is 5.41. The molecule has 0 spiro atoms. The zero-order valence-corrected chi connectivity index (χ0v) is 9.99. The third-order valence-corrected chi connectivity index (χ3v) is 3.83. The molecule has 2 aliphatic carbocycles. The quantitative estimate of drug-likeness (QED) is 0.763. The van der Waals surface area contributed by atoms with Crippen molar-refractivity contribution in [3.05, 3.63) is 45.4 Å². The Bertz CT molecular complexity index is 385. The Morgan fingerprint density at radius 2 is 2.20 bits per heavy atom. The summed E-state index contributed by atoms with van der Waals surface area (Å²) in [5.74, 6) is 0. The molecule has 1 nitrogen and oxygen atoms in total. The molecule has 0 bridgehead atoms. The Balaban J connectivity index is 2.35. The van der Waals surface area contributed by atoms with Gasteiger partial charge in [0.15, 0.2) is 0 Å². The molecule has 0 amide bonds. The van der Waals surface area contributed by atoms with Crippen molar-refractivity contribution in [3.8, 4) is 0 Å². The second kappa shape index (κ2) is 4.31. The van der Waals surface area contributed by atoms with E-state index in [1.54, 1.807) is 11.8 Å². The Morgan fingerprint density at radius 1 is 1.40 bits per heavy atom. The van der Waals surface area contributed by atoms with Crippen LogP contribution in [0.4, 0.5) is 0 Å². The number of hydrogen-bond donors (Lipinski definition) is 1. The summed E-state index contributed by atoms with van der Waals surface area (Å²) in [7, 11) is 0. The molecule has 0 atom stereocenters. The van der Waals surface area contributed by atoms with Crippen LogP contribution in [0.5, 0.6) is 0 Å². The van der Waals surface area contributed by atoms with Crippen molar-refractivity contribution in [1.29, 1.82) is 0 Å². The number of nitrogens with two attached hydrogens (primary N) is 1. The summed E-state index contributed by atoms with van der Waals surface area (Å²) >= 11 is 1.74. The maximum atomic E-state index is 6.09. The van der Waals surface area contributed by atoms with Crippen molar-refractivity contribution < 1.29 is 0 Å². The predicted octanol–water partition coefficient (Wildman–Crippen LogP) is 3.86. The Hall–Kier alpha value is -0.890. The van der Waals surface area contributed by atoms with E-state index in [2.05, 4.69) is 18.7 Å². The zero-order chi connectivity index (χ0) is 10.8. The molecule has 0 fully saturated rings. The molecular weight excluding hydrogens is 202 g/mol. The van der Waals surface area contributed by atoms with Crippen molar-refractivity contribution in [2.75, 3.05) is 0 Å². The lowest BCUT2D eigenvalue weighted by Gasteiger charge is -2.25. The summed E-state index contributed by atoms with van der Waals surface area (Å²) < 4.78 is 0. The van der Waals surface area contributed by atoms with Crippen LogP contribution < -0.4 is 5.73 Å². The lowest BCUT2D eigenvalue weighted by molar-refractivity contribution is 0.838. The van der Waals surface area contributed by atoms with E-state index in [0.29, 0.717) is 0 Å². The van der Waals surface area contributed by atoms with Gasteiger partial charge in [-0.2, -0.15) is 0 Å². The molecule has 0 aliphatic heterocycles. The fourth-order valence-electron chi connectivity index (χ4n) is 2.09. The van der Waals surface area contributed by atoms with Crippen LogP contribution in [0.25, 0.3) is 0 Å². The van der Waals surface area contributed by atoms with Crippen molar-refractivity contribution >= 4 is 11.8 Å². The summed E-state index contributed by atoms with van der Waals surface area (Å²) in [6.45, 7) is 5.99. The summed E-state index contributed by atoms with van der Waals surface area (Å²) in [5.41, 5.74) is 10.1. The minimum atomic E-state index is 0.999. The van der Waals surface area contributed by atoms with Gasteiger partial charge in [-0.05, 0) is 48.7 Å². The molecule has 2 rings (SSSR count). The molecule has 0 saturated heterocycles. The van der Waals surface area contributed by atoms with E-state index >= 15 is 0 Å². The van der Waals surface area contributed by atoms with Crippen LogP contribution in [0.3, 0.4) is 0 Å². The van der Waals surface area contributed by atoms with Crippen LogP contribution in [0.1, 0.15) is 32.6 Å². The van der Waals surface area contributed by atoms with Crippen LogP contribution >= 0.6 is 11.8 Å². The SMILES string of the molecule is C=C(C)SC1=C(N)CCC2=C1CCC=C2. The molecule has 0 heterocycles. The average Bonchev–Trinajstić information content (AvgIpc) is 2.22. The van der Waals surface area contributed by atoms with Gasteiger partial charge in [0.25, 0.3) is 0 Å². The first-order valence-electron chi connectivity index (χ1n) is 5.39. The van der Waals surface area contributed by atoms with Crippen molar-refractivity contribution in [1.82, 2.24) is 0 Å². The number of rotatable bonds is 2. The maximum Gasteiger partial charge on any atom is 0.0341 e. The number of hydrogen-bond acceptors (Lipinski definition) is 2. The van der Waals surface area contributed by atoms with E-state index in [0.717, 1.165) is 36.3 Å². The van der Waals surface area contributed by atoms with Crippen molar-refractivity contribution in [2.45, 2.75) is 32.6 Å². The van der Waals surface area contributed by atoms with Crippen LogP contribution in [-0.2, 0) is 0 Å². The summed E-state index contributed by atoms with van der Waals surface area (Å²) in [4.78, 5) is 2.41. The first-order valence-corrected chi connectivity index (χ1v) is 6.21. The maximum absolute atomic E-state index is 6.09. The summed E-state index contributed by atoms with van der Waals surface area (Å²) in [6.07, 6.45) is 8.93. The summed E-state index contributed by atoms with van der Waals surface area (Å²) in [6, 6.07) is 0. The molecule has 15 heavy (non-hydrogen) atoms. The molecule has 2 N–H and O–H groups in total. The second-order valence-electron chi connectivity index (χ2n) is 4.10. The van der Waals surface area contributed by atoms with E-state index in [-0.39, 0.29) is 0 Å². The van der Waals surface area contributed by atoms with Gasteiger partial charge in [-0.3, -0.25) is 0 Å². The van der Waals surface area contributed by atoms with Crippen LogP contribution in [-0.4, -0.2) is 0 Å². The van der Waals surface area contributed by atoms with E-state index in [9.17, 15) is 0 Å². The molecule has 0 aromatic carbocycles. The first kappa shape index (κ1) is 10.6. The molecule has 2 heteroatoms. The van der Waals surface area contributed by atoms with Crippen LogP contribution in [0.15, 0.2) is 45.4 Å². The van der Waals surface area contributed by atoms with Gasteiger partial charge in [0.05, 0.1) is 0 Å². The normalized spacial score (nSPS) is 20.6. The van der Waals surface area contributed by atoms with Gasteiger partial charge in [-0.15, -0.1) is 0 Å². The Labute approximate surface area is 95.8 Å². The molecule has 0 saturated carbocycles. The van der Waals surface area contributed by atoms with E-state index in [1.165, 1.54) is 16.1 Å². The highest BCUT2D eigenvalue weighted by molar-refractivity contribution is 8.06. The third-order valence-electron chi connectivity index (χ3n) is 2.77. The fraction of sp³-hybridized carbons (Fsp3) is 0.385. The molecular formula is C13H17NS. The highest BCUT2D eigenvalue weighted by atomic mass is 32.2. The first-order chi connectivity index (χ1) is 7.18. The van der Waals surface area contributed by atoms with E-state index < -0.39 is 0 Å². The van der Waals surface area contributed by atoms with Gasteiger partial charge in [0.1, 0.15) is 0 Å². The fourth-order valence-corrected chi connectivity index (χ4v) is 3.02. The Kier molecular flexibility index (Phi) is 3.06. The van der Waals surface area contributed by atoms with Crippen molar-refractivity contribution in [2.24, 2.45) is 5.73 Å². The summed E-state index contributed by atoms with van der Waals surface area (Å²) in [5, 5.41) is 0. The van der Waals surface area contributed by atoms with Gasteiger partial charge in [-0.25, -0.2) is 0 Å². The standard InChI is InChI=1S/C13H17NS/c1-9(2)15-13-11-6-4-3-5-10(11)7-8-12(13)14/h3,5H,1,4,6-8,14H2,2H3. The molecule has 2 aliphatic rings. The van der Waals surface area contributed by atoms with Gasteiger partial charge in [0.2, 0.25) is 0 Å². The van der Waals surface area contributed by atoms with Crippen molar-refractivity contribution in [3.63, 3.8) is 0 Å². The van der Waals surface area contributed by atoms with Gasteiger partial charge in [0, 0.05) is 10.6 Å². The monoisotopic (exact) mass is 219 g/mol. The lowest BCUT2D eigenvalue weighted by Crippen LogP contribution is -2.11. The van der Waals surface area contributed by atoms with Crippen LogP contribution in [0.2, 0.25) is 0 Å². The molecule has 80 valence electrons. The molecule has 0 radical (unpaired) electrons. The number of allylic oxidation sites excluding steroid dienone is 6. The third kappa shape index (κ3) is 2.20. The molecule has 0 unspecified atom stereocenters. The molecule has 0 aromatic rings. The van der Waals surface area contributed by atoms with Gasteiger partial charge >= 0.3 is 0 Å². The largest absolute Gasteiger partial charge is 0.401 e. The average molecular weight is 219 g/mol. The highest BCUT2D eigenvalue weighted by Gasteiger charge is 2.20. The number of thioether (sulfide) groups is 1. The predicted molar refractivity (Wildman–Crippen MR) is 68.3 cm³/mol. The van der Waals surface area contributed by atoms with Gasteiger partial charge < -0.3 is 5.73 Å². The minimum absolute atomic E-state index is 0.999. The minimum Gasteiger partial charge on any atom is -0.401 e. The zero-order valence-electron chi connectivity index (χ0n) is 9.18. The smallest absolute Gasteiger partial charge is 0.0341 e. The van der Waals surface area contributed by atoms with E-state index in [1.807, 2.05) is 6.92 Å². The van der Waals surface area contributed by atoms with Gasteiger partial charge in [-0.1, -0.05) is 30.5 Å². The molecule has 0 aromatic heterocycles. The van der Waals surface area contributed by atoms with E-state index in [4.69, 9.17) is 5.73 Å². The highest BCUT2D eigenvalue weighted by Crippen LogP contribution is 2.42. The Morgan fingerprint density at radius 3 is 2.93 bits per heavy atom. The van der Waals surface area contributed by atoms with Crippen LogP contribution in [0, 0.1) is 0 Å². The lowest BCUT2D eigenvalue weighted by atomic mass is 9.89. The topological polar surface area (TPSA) is 26.0 Å².